The van der Waals surface area contributed by atoms with Crippen molar-refractivity contribution >= 4 is 45.9 Å². The molecular formula is C12H17BrIN3O. The summed E-state index contributed by atoms with van der Waals surface area (Å²) in [5, 5.41) is 6.51. The molecule has 0 unspecified atom stereocenters. The van der Waals surface area contributed by atoms with E-state index in [0.717, 1.165) is 42.2 Å². The van der Waals surface area contributed by atoms with Gasteiger partial charge < -0.3 is 15.4 Å². The number of aliphatic imine (C=N–C) groups is 1. The number of hydrogen-bond donors (Lipinski definition) is 2. The minimum atomic E-state index is 0. The Kier molecular flexibility index (Phi) is 6.77. The summed E-state index contributed by atoms with van der Waals surface area (Å²) >= 11 is 3.47. The zero-order chi connectivity index (χ0) is 12.1. The average Bonchev–Trinajstić information content (AvgIpc) is 2.38. The van der Waals surface area contributed by atoms with Crippen LogP contribution >= 0.6 is 39.9 Å². The molecule has 0 atom stereocenters. The molecule has 0 spiro atoms. The summed E-state index contributed by atoms with van der Waals surface area (Å²) in [6.07, 6.45) is 1.11. The van der Waals surface area contributed by atoms with Gasteiger partial charge in [-0.25, -0.2) is 0 Å². The van der Waals surface area contributed by atoms with Gasteiger partial charge in [-0.05, 0) is 40.0 Å². The molecule has 1 aromatic rings. The predicted molar refractivity (Wildman–Crippen MR) is 87.9 cm³/mol. The molecule has 1 aliphatic heterocycles. The lowest BCUT2D eigenvalue weighted by Gasteiger charge is -2.16. The van der Waals surface area contributed by atoms with Crippen molar-refractivity contribution in [2.24, 2.45) is 4.99 Å². The van der Waals surface area contributed by atoms with E-state index in [-0.39, 0.29) is 24.0 Å². The highest BCUT2D eigenvalue weighted by Gasteiger charge is 2.04. The summed E-state index contributed by atoms with van der Waals surface area (Å²) in [6, 6.07) is 6.05. The van der Waals surface area contributed by atoms with Gasteiger partial charge in [0, 0.05) is 19.6 Å². The van der Waals surface area contributed by atoms with Crippen molar-refractivity contribution < 1.29 is 4.74 Å². The molecule has 0 radical (unpaired) electrons. The van der Waals surface area contributed by atoms with E-state index in [4.69, 9.17) is 4.74 Å². The van der Waals surface area contributed by atoms with Gasteiger partial charge in [0.25, 0.3) is 0 Å². The maximum absolute atomic E-state index is 5.19. The first-order chi connectivity index (χ1) is 8.29. The molecule has 100 valence electrons. The molecular weight excluding hydrogens is 409 g/mol. The number of ether oxygens (including phenoxy) is 1. The minimum absolute atomic E-state index is 0. The molecule has 2 rings (SSSR count). The third-order valence-electron chi connectivity index (χ3n) is 2.57. The van der Waals surface area contributed by atoms with E-state index in [0.29, 0.717) is 0 Å². The zero-order valence-corrected chi connectivity index (χ0v) is 14.1. The Morgan fingerprint density at radius 1 is 1.50 bits per heavy atom. The highest BCUT2D eigenvalue weighted by atomic mass is 127. The lowest BCUT2D eigenvalue weighted by atomic mass is 10.2. The van der Waals surface area contributed by atoms with Crippen LogP contribution in [0.4, 0.5) is 0 Å². The Bertz CT molecular complexity index is 426. The van der Waals surface area contributed by atoms with Gasteiger partial charge in [-0.15, -0.1) is 24.0 Å². The molecule has 0 saturated carbocycles. The maximum Gasteiger partial charge on any atom is 0.191 e. The van der Waals surface area contributed by atoms with Crippen LogP contribution in [0.1, 0.15) is 12.0 Å². The number of rotatable bonds is 3. The van der Waals surface area contributed by atoms with Crippen LogP contribution in [-0.4, -0.2) is 26.2 Å². The third kappa shape index (κ3) is 4.31. The molecule has 0 amide bonds. The van der Waals surface area contributed by atoms with E-state index in [1.807, 2.05) is 12.1 Å². The number of nitrogens with one attached hydrogen (secondary N) is 2. The average molecular weight is 426 g/mol. The Labute approximate surface area is 133 Å². The van der Waals surface area contributed by atoms with Crippen LogP contribution in [0.5, 0.6) is 5.75 Å². The summed E-state index contributed by atoms with van der Waals surface area (Å²) in [5.74, 6) is 1.74. The van der Waals surface area contributed by atoms with E-state index >= 15 is 0 Å². The van der Waals surface area contributed by atoms with Crippen molar-refractivity contribution in [1.29, 1.82) is 0 Å². The summed E-state index contributed by atoms with van der Waals surface area (Å²) < 4.78 is 6.16. The molecule has 1 aliphatic rings. The lowest BCUT2D eigenvalue weighted by molar-refractivity contribution is 0.412. The molecule has 0 fully saturated rings. The number of nitrogens with zero attached hydrogens (tertiary/aromatic N) is 1. The number of methoxy groups -OCH3 is 1. The number of hydrogen-bond acceptors (Lipinski definition) is 4. The predicted octanol–water partition coefficient (Wildman–Crippen LogP) is 2.51. The highest BCUT2D eigenvalue weighted by Crippen LogP contribution is 2.25. The Morgan fingerprint density at radius 2 is 2.33 bits per heavy atom. The summed E-state index contributed by atoms with van der Waals surface area (Å²) in [6.45, 7) is 2.66. The van der Waals surface area contributed by atoms with Crippen molar-refractivity contribution in [2.45, 2.75) is 13.0 Å². The van der Waals surface area contributed by atoms with Crippen molar-refractivity contribution in [3.63, 3.8) is 0 Å². The van der Waals surface area contributed by atoms with E-state index in [1.165, 1.54) is 5.56 Å². The van der Waals surface area contributed by atoms with Crippen LogP contribution < -0.4 is 15.4 Å². The molecule has 0 bridgehead atoms. The first-order valence-corrected chi connectivity index (χ1v) is 6.43. The molecule has 0 aliphatic carbocycles. The molecule has 1 aromatic carbocycles. The Balaban J connectivity index is 0.00000162. The number of guanidine groups is 1. The Hall–Kier alpha value is -0.500. The second-order valence-corrected chi connectivity index (χ2v) is 4.69. The standard InChI is InChI=1S/C12H16BrN3O.HI/c1-17-11-4-3-9(7-10(11)13)8-16-12-14-5-2-6-15-12;/h3-4,7H,2,5-6,8H2,1H3,(H2,14,15,16);1H. The molecule has 1 heterocycles. The summed E-state index contributed by atoms with van der Waals surface area (Å²) in [5.41, 5.74) is 1.19. The second-order valence-electron chi connectivity index (χ2n) is 3.83. The zero-order valence-electron chi connectivity index (χ0n) is 10.2. The van der Waals surface area contributed by atoms with Crippen molar-refractivity contribution in [1.82, 2.24) is 10.6 Å². The molecule has 4 nitrogen and oxygen atoms in total. The number of benzene rings is 1. The van der Waals surface area contributed by atoms with Gasteiger partial charge >= 0.3 is 0 Å². The van der Waals surface area contributed by atoms with Crippen LogP contribution in [0.15, 0.2) is 27.7 Å². The fraction of sp³-hybridized carbons (Fsp3) is 0.417. The smallest absolute Gasteiger partial charge is 0.191 e. The largest absolute Gasteiger partial charge is 0.496 e. The SMILES string of the molecule is COc1ccc(CNC2=NCCCN2)cc1Br.I. The molecule has 6 heteroatoms. The van der Waals surface area contributed by atoms with Gasteiger partial charge in [-0.2, -0.15) is 0 Å². The maximum atomic E-state index is 5.19. The number of halogens is 2. The van der Waals surface area contributed by atoms with Gasteiger partial charge in [-0.1, -0.05) is 6.07 Å². The molecule has 0 saturated heterocycles. The Morgan fingerprint density at radius 3 is 2.94 bits per heavy atom. The monoisotopic (exact) mass is 425 g/mol. The first kappa shape index (κ1) is 15.6. The summed E-state index contributed by atoms with van der Waals surface area (Å²) in [4.78, 5) is 4.36. The van der Waals surface area contributed by atoms with Crippen LogP contribution in [-0.2, 0) is 6.54 Å². The van der Waals surface area contributed by atoms with E-state index in [9.17, 15) is 0 Å². The molecule has 18 heavy (non-hydrogen) atoms. The van der Waals surface area contributed by atoms with Gasteiger partial charge in [0.05, 0.1) is 11.6 Å². The van der Waals surface area contributed by atoms with Gasteiger partial charge in [0.1, 0.15) is 5.75 Å². The second kappa shape index (κ2) is 7.83. The van der Waals surface area contributed by atoms with Crippen molar-refractivity contribution in [3.8, 4) is 5.75 Å². The first-order valence-electron chi connectivity index (χ1n) is 5.64. The normalized spacial score (nSPS) is 14.0. The van der Waals surface area contributed by atoms with Gasteiger partial charge in [-0.3, -0.25) is 4.99 Å². The quantitative estimate of drug-likeness (QED) is 0.731. The summed E-state index contributed by atoms with van der Waals surface area (Å²) in [7, 11) is 1.67. The van der Waals surface area contributed by atoms with Gasteiger partial charge in [0.2, 0.25) is 0 Å². The van der Waals surface area contributed by atoms with Crippen LogP contribution in [0.25, 0.3) is 0 Å². The minimum Gasteiger partial charge on any atom is -0.496 e. The van der Waals surface area contributed by atoms with E-state index in [2.05, 4.69) is 37.6 Å². The topological polar surface area (TPSA) is 45.6 Å². The van der Waals surface area contributed by atoms with Crippen molar-refractivity contribution in [2.75, 3.05) is 20.2 Å². The van der Waals surface area contributed by atoms with Crippen molar-refractivity contribution in [3.05, 3.63) is 28.2 Å². The van der Waals surface area contributed by atoms with Gasteiger partial charge in [0.15, 0.2) is 5.96 Å². The fourth-order valence-corrected chi connectivity index (χ4v) is 2.24. The fourth-order valence-electron chi connectivity index (χ4n) is 1.66. The van der Waals surface area contributed by atoms with Crippen LogP contribution in [0, 0.1) is 0 Å². The molecule has 0 aromatic heterocycles. The van der Waals surface area contributed by atoms with E-state index in [1.54, 1.807) is 7.11 Å². The third-order valence-corrected chi connectivity index (χ3v) is 3.19. The van der Waals surface area contributed by atoms with E-state index < -0.39 is 0 Å². The van der Waals surface area contributed by atoms with Crippen LogP contribution in [0.3, 0.4) is 0 Å². The molecule has 2 N–H and O–H groups in total. The lowest BCUT2D eigenvalue weighted by Crippen LogP contribution is -2.40. The highest BCUT2D eigenvalue weighted by molar-refractivity contribution is 14.0. The van der Waals surface area contributed by atoms with Crippen LogP contribution in [0.2, 0.25) is 0 Å².